The van der Waals surface area contributed by atoms with Crippen LogP contribution in [0.25, 0.3) is 0 Å². The summed E-state index contributed by atoms with van der Waals surface area (Å²) in [5, 5.41) is 11.3. The summed E-state index contributed by atoms with van der Waals surface area (Å²) in [6.45, 7) is 1.14. The lowest BCUT2D eigenvalue weighted by atomic mass is 10.1. The molecular weight excluding hydrogens is 318 g/mol. The van der Waals surface area contributed by atoms with Crippen molar-refractivity contribution in [1.82, 2.24) is 5.32 Å². The summed E-state index contributed by atoms with van der Waals surface area (Å²) in [7, 11) is -4.68. The predicted octanol–water partition coefficient (Wildman–Crippen LogP) is -0.0756. The van der Waals surface area contributed by atoms with Crippen LogP contribution in [0.2, 0.25) is 0 Å². The molecule has 0 aliphatic heterocycles. The number of carbonyl (C=O) groups excluding carboxylic acids is 2. The molecule has 0 saturated carbocycles. The average Bonchev–Trinajstić information content (AvgIpc) is 2.41. The van der Waals surface area contributed by atoms with Gasteiger partial charge in [0.05, 0.1) is 22.6 Å². The second-order valence-electron chi connectivity index (χ2n) is 4.15. The maximum atomic E-state index is 11.7. The smallest absolute Gasteiger partial charge is 0.338 e. The number of rotatable bonds is 6. The second kappa shape index (κ2) is 7.00. The maximum absolute atomic E-state index is 11.7. The maximum Gasteiger partial charge on any atom is 0.338 e. The molecule has 3 N–H and O–H groups in total. The van der Waals surface area contributed by atoms with Gasteiger partial charge in [-0.05, 0) is 18.2 Å². The topological polar surface area (TPSA) is 147 Å². The molecule has 22 heavy (non-hydrogen) atoms. The van der Waals surface area contributed by atoms with Gasteiger partial charge in [0.15, 0.2) is 0 Å². The molecule has 0 spiro atoms. The van der Waals surface area contributed by atoms with Gasteiger partial charge in [0.2, 0.25) is 5.91 Å². The van der Waals surface area contributed by atoms with Crippen LogP contribution >= 0.6 is 0 Å². The molecule has 1 amide bonds. The van der Waals surface area contributed by atoms with E-state index >= 15 is 0 Å². The highest BCUT2D eigenvalue weighted by Crippen LogP contribution is 2.16. The normalized spacial score (nSPS) is 10.8. The molecular formula is C12H13NO8S. The van der Waals surface area contributed by atoms with Gasteiger partial charge in [-0.2, -0.15) is 8.42 Å². The molecule has 1 aromatic carbocycles. The monoisotopic (exact) mass is 331 g/mol. The zero-order valence-corrected chi connectivity index (χ0v) is 12.2. The summed E-state index contributed by atoms with van der Waals surface area (Å²) in [4.78, 5) is 32.5. The van der Waals surface area contributed by atoms with Gasteiger partial charge in [0.25, 0.3) is 10.1 Å². The third-order valence-corrected chi connectivity index (χ3v) is 3.23. The molecule has 0 heterocycles. The summed E-state index contributed by atoms with van der Waals surface area (Å²) < 4.78 is 35.9. The Hall–Kier alpha value is -2.46. The van der Waals surface area contributed by atoms with E-state index < -0.39 is 32.5 Å². The van der Waals surface area contributed by atoms with Crippen LogP contribution in [-0.2, 0) is 19.6 Å². The fourth-order valence-electron chi connectivity index (χ4n) is 1.44. The van der Waals surface area contributed by atoms with Crippen molar-refractivity contribution in [3.05, 3.63) is 29.3 Å². The highest BCUT2D eigenvalue weighted by molar-refractivity contribution is 7.85. The summed E-state index contributed by atoms with van der Waals surface area (Å²) >= 11 is 0. The number of ether oxygens (including phenoxy) is 1. The van der Waals surface area contributed by atoms with E-state index in [1.165, 1.54) is 6.92 Å². The van der Waals surface area contributed by atoms with Crippen LogP contribution in [0.3, 0.4) is 0 Å². The van der Waals surface area contributed by atoms with Crippen molar-refractivity contribution in [2.75, 3.05) is 13.2 Å². The van der Waals surface area contributed by atoms with Crippen LogP contribution in [0.1, 0.15) is 27.6 Å². The molecule has 0 aliphatic carbocycles. The molecule has 120 valence electrons. The molecule has 0 saturated heterocycles. The van der Waals surface area contributed by atoms with Gasteiger partial charge in [-0.3, -0.25) is 9.35 Å². The number of amides is 1. The summed E-state index contributed by atoms with van der Waals surface area (Å²) in [6.07, 6.45) is 0. The minimum absolute atomic E-state index is 0.0465. The van der Waals surface area contributed by atoms with Crippen molar-refractivity contribution in [2.45, 2.75) is 11.8 Å². The van der Waals surface area contributed by atoms with Crippen LogP contribution in [0, 0.1) is 0 Å². The highest BCUT2D eigenvalue weighted by Gasteiger charge is 2.19. The van der Waals surface area contributed by atoms with Crippen LogP contribution in [0.15, 0.2) is 23.1 Å². The molecule has 0 atom stereocenters. The molecule has 0 aromatic heterocycles. The zero-order chi connectivity index (χ0) is 16.9. The Morgan fingerprint density at radius 2 is 1.77 bits per heavy atom. The van der Waals surface area contributed by atoms with Crippen LogP contribution in [-0.4, -0.2) is 49.1 Å². The minimum Gasteiger partial charge on any atom is -0.478 e. The number of hydrogen-bond acceptors (Lipinski definition) is 6. The van der Waals surface area contributed by atoms with E-state index in [0.29, 0.717) is 6.07 Å². The third-order valence-electron chi connectivity index (χ3n) is 2.40. The molecule has 0 aliphatic rings. The van der Waals surface area contributed by atoms with Gasteiger partial charge in [-0.15, -0.1) is 0 Å². The second-order valence-corrected chi connectivity index (χ2v) is 5.57. The van der Waals surface area contributed by atoms with E-state index in [2.05, 4.69) is 5.32 Å². The third kappa shape index (κ3) is 5.14. The zero-order valence-electron chi connectivity index (χ0n) is 11.4. The number of nitrogens with one attached hydrogen (secondary N) is 1. The molecule has 0 radical (unpaired) electrons. The number of carbonyl (C=O) groups is 3. The lowest BCUT2D eigenvalue weighted by molar-refractivity contribution is -0.119. The van der Waals surface area contributed by atoms with Crippen molar-refractivity contribution >= 4 is 28.0 Å². The molecule has 10 heteroatoms. The first-order valence-corrected chi connectivity index (χ1v) is 7.32. The number of hydrogen-bond donors (Lipinski definition) is 3. The Morgan fingerprint density at radius 1 is 1.18 bits per heavy atom. The van der Waals surface area contributed by atoms with E-state index in [1.807, 2.05) is 0 Å². The first-order valence-electron chi connectivity index (χ1n) is 5.88. The molecule has 0 fully saturated rings. The van der Waals surface area contributed by atoms with E-state index in [4.69, 9.17) is 14.4 Å². The summed E-state index contributed by atoms with van der Waals surface area (Å²) in [5.74, 6) is -2.78. The summed E-state index contributed by atoms with van der Waals surface area (Å²) in [5.41, 5.74) is -0.848. The van der Waals surface area contributed by atoms with Crippen molar-refractivity contribution in [3.8, 4) is 0 Å². The van der Waals surface area contributed by atoms with Crippen LogP contribution < -0.4 is 5.32 Å². The van der Waals surface area contributed by atoms with Crippen molar-refractivity contribution in [2.24, 2.45) is 0 Å². The molecule has 1 aromatic rings. The highest BCUT2D eigenvalue weighted by atomic mass is 32.2. The largest absolute Gasteiger partial charge is 0.478 e. The fourth-order valence-corrected chi connectivity index (χ4v) is 2.00. The van der Waals surface area contributed by atoms with Gasteiger partial charge >= 0.3 is 11.9 Å². The molecule has 0 bridgehead atoms. The van der Waals surface area contributed by atoms with Crippen molar-refractivity contribution < 1.29 is 37.2 Å². The van der Waals surface area contributed by atoms with E-state index in [9.17, 15) is 22.8 Å². The summed E-state index contributed by atoms with van der Waals surface area (Å²) in [6, 6.07) is 2.42. The van der Waals surface area contributed by atoms with Crippen LogP contribution in [0.5, 0.6) is 0 Å². The first kappa shape index (κ1) is 17.6. The quantitative estimate of drug-likeness (QED) is 0.372. The Kier molecular flexibility index (Phi) is 5.60. The van der Waals surface area contributed by atoms with Gasteiger partial charge in [-0.1, -0.05) is 0 Å². The lowest BCUT2D eigenvalue weighted by Gasteiger charge is -2.07. The van der Waals surface area contributed by atoms with Gasteiger partial charge in [0.1, 0.15) is 6.61 Å². The Bertz CT molecular complexity index is 710. The Morgan fingerprint density at radius 3 is 2.27 bits per heavy atom. The van der Waals surface area contributed by atoms with E-state index in [0.717, 1.165) is 12.1 Å². The number of carboxylic acids is 1. The van der Waals surface area contributed by atoms with Crippen molar-refractivity contribution in [3.63, 3.8) is 0 Å². The minimum atomic E-state index is -4.68. The van der Waals surface area contributed by atoms with E-state index in [-0.39, 0.29) is 24.6 Å². The van der Waals surface area contributed by atoms with Crippen LogP contribution in [0.4, 0.5) is 0 Å². The Balaban J connectivity index is 2.98. The van der Waals surface area contributed by atoms with Gasteiger partial charge in [0, 0.05) is 6.92 Å². The standard InChI is InChI=1S/C12H13NO8S/c1-7(14)13-2-3-21-12(17)9-4-8(11(15)16)5-10(6-9)22(18,19)20/h4-6H,2-3H2,1H3,(H,13,14)(H,15,16)(H,18,19,20). The molecule has 9 nitrogen and oxygen atoms in total. The number of carboxylic acid groups (broad SMARTS) is 1. The lowest BCUT2D eigenvalue weighted by Crippen LogP contribution is -2.25. The fraction of sp³-hybridized carbons (Fsp3) is 0.250. The Labute approximate surface area is 125 Å². The predicted molar refractivity (Wildman–Crippen MR) is 72.2 cm³/mol. The first-order chi connectivity index (χ1) is 10.1. The molecule has 0 unspecified atom stereocenters. The van der Waals surface area contributed by atoms with E-state index in [1.54, 1.807) is 0 Å². The number of benzene rings is 1. The number of esters is 1. The SMILES string of the molecule is CC(=O)NCCOC(=O)c1cc(C(=O)O)cc(S(=O)(=O)O)c1. The van der Waals surface area contributed by atoms with Gasteiger partial charge < -0.3 is 15.2 Å². The number of aromatic carboxylic acids is 1. The van der Waals surface area contributed by atoms with Gasteiger partial charge in [-0.25, -0.2) is 9.59 Å². The average molecular weight is 331 g/mol. The van der Waals surface area contributed by atoms with Crippen molar-refractivity contribution in [1.29, 1.82) is 0 Å². The molecule has 1 rings (SSSR count).